The van der Waals surface area contributed by atoms with Gasteiger partial charge >= 0.3 is 0 Å². The zero-order valence-electron chi connectivity index (χ0n) is 6.77. The van der Waals surface area contributed by atoms with Gasteiger partial charge in [0.05, 0.1) is 22.7 Å². The first-order valence-electron chi connectivity index (χ1n) is 3.56. The third-order valence-corrected chi connectivity index (χ3v) is 2.65. The van der Waals surface area contributed by atoms with Crippen molar-refractivity contribution in [3.05, 3.63) is 26.9 Å². The lowest BCUT2D eigenvalue weighted by Gasteiger charge is -2.06. The van der Waals surface area contributed by atoms with Gasteiger partial charge in [0.15, 0.2) is 0 Å². The summed E-state index contributed by atoms with van der Waals surface area (Å²) in [6.45, 7) is 0. The molecule has 1 aromatic rings. The van der Waals surface area contributed by atoms with Crippen molar-refractivity contribution < 1.29 is 8.78 Å². The maximum Gasteiger partial charge on any atom is 0.265 e. The van der Waals surface area contributed by atoms with Crippen LogP contribution in [0.15, 0.2) is 10.5 Å². The molecule has 0 aliphatic carbocycles. The maximum absolute atomic E-state index is 12.4. The van der Waals surface area contributed by atoms with Crippen LogP contribution < -0.4 is 0 Å². The number of nitrogens with zero attached hydrogens (tertiary/aromatic N) is 2. The lowest BCUT2D eigenvalue weighted by molar-refractivity contribution is 0.150. The van der Waals surface area contributed by atoms with E-state index < -0.39 is 6.43 Å². The number of pyridine rings is 1. The zero-order valence-corrected chi connectivity index (χ0v) is 9.11. The van der Waals surface area contributed by atoms with Gasteiger partial charge in [0, 0.05) is 5.56 Å². The molecule has 0 unspecified atom stereocenters. The van der Waals surface area contributed by atoms with Gasteiger partial charge in [-0.2, -0.15) is 5.26 Å². The van der Waals surface area contributed by atoms with Gasteiger partial charge in [0.2, 0.25) is 0 Å². The quantitative estimate of drug-likeness (QED) is 0.778. The average molecular weight is 281 g/mol. The summed E-state index contributed by atoms with van der Waals surface area (Å²) in [6.07, 6.45) is -2.83. The van der Waals surface area contributed by atoms with Gasteiger partial charge in [-0.3, -0.25) is 0 Å². The molecule has 6 heteroatoms. The maximum atomic E-state index is 12.4. The van der Waals surface area contributed by atoms with Crippen molar-refractivity contribution in [2.45, 2.75) is 12.8 Å². The number of alkyl halides is 2. The van der Waals surface area contributed by atoms with Gasteiger partial charge in [-0.05, 0) is 22.0 Å². The Labute approximate surface area is 92.6 Å². The number of hydrogen-bond donors (Lipinski definition) is 0. The van der Waals surface area contributed by atoms with Crippen LogP contribution in [0.25, 0.3) is 0 Å². The number of aromatic nitrogens is 1. The molecule has 1 rings (SSSR count). The van der Waals surface area contributed by atoms with E-state index in [1.54, 1.807) is 6.07 Å². The molecule has 0 N–H and O–H groups in total. The third kappa shape index (κ3) is 2.40. The van der Waals surface area contributed by atoms with E-state index in [-0.39, 0.29) is 22.8 Å². The van der Waals surface area contributed by atoms with E-state index in [0.717, 1.165) is 0 Å². The van der Waals surface area contributed by atoms with Crippen LogP contribution in [0.2, 0.25) is 5.15 Å². The summed E-state index contributed by atoms with van der Waals surface area (Å²) in [6, 6.07) is 2.94. The Morgan fingerprint density at radius 2 is 2.29 bits per heavy atom. The van der Waals surface area contributed by atoms with E-state index in [4.69, 9.17) is 16.9 Å². The van der Waals surface area contributed by atoms with Gasteiger partial charge in [0.1, 0.15) is 5.15 Å². The number of halogens is 4. The first kappa shape index (κ1) is 11.3. The molecule has 0 saturated heterocycles. The topological polar surface area (TPSA) is 36.7 Å². The monoisotopic (exact) mass is 280 g/mol. The molecule has 2 nitrogen and oxygen atoms in total. The molecule has 0 atom stereocenters. The zero-order chi connectivity index (χ0) is 10.7. The Kier molecular flexibility index (Phi) is 3.78. The van der Waals surface area contributed by atoms with Crippen LogP contribution in [-0.2, 0) is 6.42 Å². The van der Waals surface area contributed by atoms with E-state index >= 15 is 0 Å². The summed E-state index contributed by atoms with van der Waals surface area (Å²) in [4.78, 5) is 3.70. The molecule has 0 amide bonds. The number of rotatable bonds is 2. The molecule has 0 radical (unpaired) electrons. The second kappa shape index (κ2) is 4.67. The summed E-state index contributed by atoms with van der Waals surface area (Å²) < 4.78 is 25.2. The summed E-state index contributed by atoms with van der Waals surface area (Å²) in [5, 5.41) is 8.48. The van der Waals surface area contributed by atoms with Gasteiger partial charge in [0.25, 0.3) is 6.43 Å². The van der Waals surface area contributed by atoms with Crippen LogP contribution in [0.3, 0.4) is 0 Å². The highest BCUT2D eigenvalue weighted by atomic mass is 79.9. The van der Waals surface area contributed by atoms with Crippen molar-refractivity contribution >= 4 is 27.5 Å². The van der Waals surface area contributed by atoms with Gasteiger partial charge in [-0.15, -0.1) is 0 Å². The van der Waals surface area contributed by atoms with Crippen molar-refractivity contribution in [2.24, 2.45) is 0 Å². The predicted molar refractivity (Wildman–Crippen MR) is 51.2 cm³/mol. The fourth-order valence-corrected chi connectivity index (χ4v) is 1.41. The standard InChI is InChI=1S/C8H4BrClF2N2/c9-5-3-4(8(11)12)6(1-2-13)14-7(5)10/h3,8H,1H2. The van der Waals surface area contributed by atoms with Crippen LogP contribution in [0.1, 0.15) is 17.7 Å². The minimum atomic E-state index is -2.65. The molecule has 0 spiro atoms. The van der Waals surface area contributed by atoms with Gasteiger partial charge in [-0.25, -0.2) is 13.8 Å². The van der Waals surface area contributed by atoms with E-state index in [1.807, 2.05) is 0 Å². The molecular formula is C8H4BrClF2N2. The van der Waals surface area contributed by atoms with E-state index in [2.05, 4.69) is 20.9 Å². The molecule has 0 aliphatic heterocycles. The van der Waals surface area contributed by atoms with Crippen LogP contribution in [0.4, 0.5) is 8.78 Å². The summed E-state index contributed by atoms with van der Waals surface area (Å²) in [5.41, 5.74) is -0.237. The van der Waals surface area contributed by atoms with Crippen LogP contribution >= 0.6 is 27.5 Å². The summed E-state index contributed by atoms with van der Waals surface area (Å²) >= 11 is 8.60. The Morgan fingerprint density at radius 1 is 1.64 bits per heavy atom. The van der Waals surface area contributed by atoms with Crippen LogP contribution in [-0.4, -0.2) is 4.98 Å². The van der Waals surface area contributed by atoms with Crippen molar-refractivity contribution in [1.29, 1.82) is 5.26 Å². The predicted octanol–water partition coefficient (Wildman–Crippen LogP) is 3.50. The van der Waals surface area contributed by atoms with Crippen molar-refractivity contribution in [3.8, 4) is 6.07 Å². The van der Waals surface area contributed by atoms with Crippen molar-refractivity contribution in [2.75, 3.05) is 0 Å². The van der Waals surface area contributed by atoms with Crippen molar-refractivity contribution in [3.63, 3.8) is 0 Å². The Bertz CT molecular complexity index is 390. The Morgan fingerprint density at radius 3 is 2.79 bits per heavy atom. The molecule has 0 aliphatic rings. The van der Waals surface area contributed by atoms with E-state index in [0.29, 0.717) is 4.47 Å². The second-order valence-electron chi connectivity index (χ2n) is 2.43. The summed E-state index contributed by atoms with van der Waals surface area (Å²) in [5.74, 6) is 0. The summed E-state index contributed by atoms with van der Waals surface area (Å²) in [7, 11) is 0. The first-order chi connectivity index (χ1) is 6.56. The van der Waals surface area contributed by atoms with Crippen molar-refractivity contribution in [1.82, 2.24) is 4.98 Å². The molecule has 74 valence electrons. The molecule has 1 heterocycles. The molecule has 0 aromatic carbocycles. The second-order valence-corrected chi connectivity index (χ2v) is 3.64. The normalized spacial score (nSPS) is 10.3. The van der Waals surface area contributed by atoms with E-state index in [1.165, 1.54) is 6.07 Å². The average Bonchev–Trinajstić information content (AvgIpc) is 2.11. The molecule has 0 saturated carbocycles. The minimum absolute atomic E-state index is 0.0238. The highest BCUT2D eigenvalue weighted by molar-refractivity contribution is 9.10. The number of nitriles is 1. The highest BCUT2D eigenvalue weighted by Gasteiger charge is 2.16. The molecule has 0 bridgehead atoms. The minimum Gasteiger partial charge on any atom is -0.238 e. The molecule has 0 fully saturated rings. The number of hydrogen-bond acceptors (Lipinski definition) is 2. The molecule has 14 heavy (non-hydrogen) atoms. The van der Waals surface area contributed by atoms with Gasteiger partial charge in [-0.1, -0.05) is 11.6 Å². The largest absolute Gasteiger partial charge is 0.265 e. The fraction of sp³-hybridized carbons (Fsp3) is 0.250. The lowest BCUT2D eigenvalue weighted by atomic mass is 10.1. The molecule has 1 aromatic heterocycles. The van der Waals surface area contributed by atoms with E-state index in [9.17, 15) is 8.78 Å². The van der Waals surface area contributed by atoms with Gasteiger partial charge < -0.3 is 0 Å². The first-order valence-corrected chi connectivity index (χ1v) is 4.73. The lowest BCUT2D eigenvalue weighted by Crippen LogP contribution is -1.98. The van der Waals surface area contributed by atoms with Crippen LogP contribution in [0.5, 0.6) is 0 Å². The molecular weight excluding hydrogens is 277 g/mol. The fourth-order valence-electron chi connectivity index (χ4n) is 0.921. The Balaban J connectivity index is 3.25. The Hall–Kier alpha value is -0.730. The smallest absolute Gasteiger partial charge is 0.238 e. The van der Waals surface area contributed by atoms with Crippen LogP contribution in [0, 0.1) is 11.3 Å². The third-order valence-electron chi connectivity index (χ3n) is 1.53. The highest BCUT2D eigenvalue weighted by Crippen LogP contribution is 2.29. The SMILES string of the molecule is N#CCc1nc(Cl)c(Br)cc1C(F)F.